The zero-order valence-electron chi connectivity index (χ0n) is 7.27. The topological polar surface area (TPSA) is 46.3 Å². The number of aliphatic hydroxyl groups is 1. The van der Waals surface area contributed by atoms with Gasteiger partial charge in [0, 0.05) is 18.0 Å². The van der Waals surface area contributed by atoms with Gasteiger partial charge in [0.05, 0.1) is 4.47 Å². The highest BCUT2D eigenvalue weighted by molar-refractivity contribution is 9.10. The molecule has 0 aliphatic rings. The van der Waals surface area contributed by atoms with Crippen molar-refractivity contribution in [3.05, 3.63) is 40.8 Å². The highest BCUT2D eigenvalue weighted by atomic mass is 79.9. The number of aliphatic hydroxyl groups excluding tert-OH is 1. The fraction of sp³-hybridized carbons (Fsp3) is 0.100. The van der Waals surface area contributed by atoms with Crippen LogP contribution in [-0.4, -0.2) is 10.1 Å². The highest BCUT2D eigenvalue weighted by Gasteiger charge is 2.09. The molecule has 0 saturated heterocycles. The summed E-state index contributed by atoms with van der Waals surface area (Å²) >= 11 is 3.37. The van der Waals surface area contributed by atoms with Gasteiger partial charge in [-0.25, -0.2) is 0 Å². The number of furan rings is 1. The molecule has 0 radical (unpaired) electrons. The molecule has 0 aromatic carbocycles. The minimum Gasteiger partial charge on any atom is -0.457 e. The molecule has 0 amide bonds. The Kier molecular flexibility index (Phi) is 2.65. The average Bonchev–Trinajstić information content (AvgIpc) is 2.61. The predicted octanol–water partition coefficient (Wildman–Crippen LogP) is 2.60. The molecular weight excluding hydrogens is 246 g/mol. The van der Waals surface area contributed by atoms with Crippen molar-refractivity contribution in [2.45, 2.75) is 6.61 Å². The van der Waals surface area contributed by atoms with Crippen LogP contribution in [0.2, 0.25) is 0 Å². The second-order valence-electron chi connectivity index (χ2n) is 2.78. The minimum absolute atomic E-state index is 0.0936. The lowest BCUT2D eigenvalue weighted by Crippen LogP contribution is -1.76. The molecule has 0 fully saturated rings. The van der Waals surface area contributed by atoms with Crippen LogP contribution in [0.5, 0.6) is 0 Å². The minimum atomic E-state index is -0.0936. The Morgan fingerprint density at radius 2 is 2.07 bits per heavy atom. The molecule has 0 aliphatic heterocycles. The summed E-state index contributed by atoms with van der Waals surface area (Å²) in [6, 6.07) is 5.46. The molecule has 2 heterocycles. The van der Waals surface area contributed by atoms with Crippen LogP contribution >= 0.6 is 15.9 Å². The molecule has 72 valence electrons. The molecule has 2 aromatic heterocycles. The summed E-state index contributed by atoms with van der Waals surface area (Å²) in [6.45, 7) is -0.0936. The molecule has 0 atom stereocenters. The lowest BCUT2D eigenvalue weighted by molar-refractivity contribution is 0.248. The van der Waals surface area contributed by atoms with Gasteiger partial charge in [-0.15, -0.1) is 0 Å². The zero-order valence-corrected chi connectivity index (χ0v) is 8.86. The molecule has 4 heteroatoms. The van der Waals surface area contributed by atoms with E-state index in [1.165, 1.54) is 0 Å². The largest absolute Gasteiger partial charge is 0.457 e. The molecule has 1 N–H and O–H groups in total. The van der Waals surface area contributed by atoms with Crippen LogP contribution in [-0.2, 0) is 6.61 Å². The van der Waals surface area contributed by atoms with Crippen LogP contribution in [0.3, 0.4) is 0 Å². The van der Waals surface area contributed by atoms with E-state index in [0.29, 0.717) is 5.76 Å². The van der Waals surface area contributed by atoms with Crippen LogP contribution in [0.15, 0.2) is 39.5 Å². The van der Waals surface area contributed by atoms with Gasteiger partial charge in [0.15, 0.2) is 0 Å². The third-order valence-electron chi connectivity index (χ3n) is 1.84. The lowest BCUT2D eigenvalue weighted by Gasteiger charge is -1.95. The van der Waals surface area contributed by atoms with Gasteiger partial charge < -0.3 is 9.52 Å². The standard InChI is InChI=1S/C10H8BrNO2/c11-9-5-8(6-13)14-10(9)7-1-3-12-4-2-7/h1-5,13H,6H2. The van der Waals surface area contributed by atoms with Crippen LogP contribution in [0.25, 0.3) is 11.3 Å². The van der Waals surface area contributed by atoms with Crippen LogP contribution in [0, 0.1) is 0 Å². The Morgan fingerprint density at radius 1 is 1.36 bits per heavy atom. The average molecular weight is 254 g/mol. The van der Waals surface area contributed by atoms with Crippen molar-refractivity contribution < 1.29 is 9.52 Å². The Labute approximate surface area is 89.5 Å². The van der Waals surface area contributed by atoms with Crippen LogP contribution in [0.1, 0.15) is 5.76 Å². The smallest absolute Gasteiger partial charge is 0.148 e. The van der Waals surface area contributed by atoms with Gasteiger partial charge in [0.1, 0.15) is 18.1 Å². The van der Waals surface area contributed by atoms with Crippen molar-refractivity contribution in [2.24, 2.45) is 0 Å². The van der Waals surface area contributed by atoms with E-state index in [-0.39, 0.29) is 6.61 Å². The van der Waals surface area contributed by atoms with E-state index >= 15 is 0 Å². The van der Waals surface area contributed by atoms with Gasteiger partial charge >= 0.3 is 0 Å². The lowest BCUT2D eigenvalue weighted by atomic mass is 10.2. The van der Waals surface area contributed by atoms with Gasteiger partial charge in [0.25, 0.3) is 0 Å². The number of pyridine rings is 1. The molecule has 0 saturated carbocycles. The SMILES string of the molecule is OCc1cc(Br)c(-c2ccncc2)o1. The Hall–Kier alpha value is -1.13. The summed E-state index contributed by atoms with van der Waals surface area (Å²) in [6.07, 6.45) is 3.39. The van der Waals surface area contributed by atoms with E-state index in [1.807, 2.05) is 12.1 Å². The molecule has 2 aromatic rings. The van der Waals surface area contributed by atoms with E-state index in [9.17, 15) is 0 Å². The maximum atomic E-state index is 8.90. The summed E-state index contributed by atoms with van der Waals surface area (Å²) < 4.78 is 6.27. The first-order valence-electron chi connectivity index (χ1n) is 4.10. The third kappa shape index (κ3) is 1.71. The Bertz CT molecular complexity index is 425. The van der Waals surface area contributed by atoms with Gasteiger partial charge in [-0.3, -0.25) is 4.98 Å². The molecule has 2 rings (SSSR count). The number of halogens is 1. The summed E-state index contributed by atoms with van der Waals surface area (Å²) in [5.74, 6) is 1.26. The predicted molar refractivity (Wildman–Crippen MR) is 55.6 cm³/mol. The zero-order chi connectivity index (χ0) is 9.97. The van der Waals surface area contributed by atoms with Crippen molar-refractivity contribution in [3.63, 3.8) is 0 Å². The van der Waals surface area contributed by atoms with E-state index in [0.717, 1.165) is 15.8 Å². The number of hydrogen-bond donors (Lipinski definition) is 1. The molecule has 14 heavy (non-hydrogen) atoms. The number of nitrogens with zero attached hydrogens (tertiary/aromatic N) is 1. The number of aromatic nitrogens is 1. The third-order valence-corrected chi connectivity index (χ3v) is 2.43. The maximum Gasteiger partial charge on any atom is 0.148 e. The fourth-order valence-corrected chi connectivity index (χ4v) is 1.76. The maximum absolute atomic E-state index is 8.90. The summed E-state index contributed by atoms with van der Waals surface area (Å²) in [5, 5.41) is 8.90. The van der Waals surface area contributed by atoms with Crippen molar-refractivity contribution in [1.82, 2.24) is 4.98 Å². The van der Waals surface area contributed by atoms with E-state index in [1.54, 1.807) is 18.5 Å². The van der Waals surface area contributed by atoms with Gasteiger partial charge in [0.2, 0.25) is 0 Å². The highest BCUT2D eigenvalue weighted by Crippen LogP contribution is 2.30. The van der Waals surface area contributed by atoms with E-state index in [4.69, 9.17) is 9.52 Å². The molecule has 3 nitrogen and oxygen atoms in total. The first-order valence-corrected chi connectivity index (χ1v) is 4.90. The Morgan fingerprint density at radius 3 is 2.64 bits per heavy atom. The number of hydrogen-bond acceptors (Lipinski definition) is 3. The second-order valence-corrected chi connectivity index (χ2v) is 3.64. The normalized spacial score (nSPS) is 10.4. The Balaban J connectivity index is 2.46. The molecule has 0 spiro atoms. The van der Waals surface area contributed by atoms with Gasteiger partial charge in [-0.1, -0.05) is 0 Å². The van der Waals surface area contributed by atoms with Crippen molar-refractivity contribution >= 4 is 15.9 Å². The summed E-state index contributed by atoms with van der Waals surface area (Å²) in [4.78, 5) is 3.92. The van der Waals surface area contributed by atoms with Crippen LogP contribution < -0.4 is 0 Å². The van der Waals surface area contributed by atoms with Crippen LogP contribution in [0.4, 0.5) is 0 Å². The van der Waals surface area contributed by atoms with E-state index < -0.39 is 0 Å². The van der Waals surface area contributed by atoms with Gasteiger partial charge in [-0.2, -0.15) is 0 Å². The monoisotopic (exact) mass is 253 g/mol. The first kappa shape index (κ1) is 9.43. The van der Waals surface area contributed by atoms with Crippen molar-refractivity contribution in [3.8, 4) is 11.3 Å². The number of rotatable bonds is 2. The second kappa shape index (κ2) is 3.94. The first-order chi connectivity index (χ1) is 6.81. The van der Waals surface area contributed by atoms with Gasteiger partial charge in [-0.05, 0) is 34.1 Å². The molecular formula is C10H8BrNO2. The molecule has 0 aliphatic carbocycles. The van der Waals surface area contributed by atoms with Crippen molar-refractivity contribution in [2.75, 3.05) is 0 Å². The quantitative estimate of drug-likeness (QED) is 0.895. The summed E-state index contributed by atoms with van der Waals surface area (Å²) in [5.41, 5.74) is 0.937. The molecule has 0 unspecified atom stereocenters. The summed E-state index contributed by atoms with van der Waals surface area (Å²) in [7, 11) is 0. The van der Waals surface area contributed by atoms with E-state index in [2.05, 4.69) is 20.9 Å². The molecule has 0 bridgehead atoms. The fourth-order valence-electron chi connectivity index (χ4n) is 1.19. The van der Waals surface area contributed by atoms with Crippen molar-refractivity contribution in [1.29, 1.82) is 0 Å².